The van der Waals surface area contributed by atoms with Gasteiger partial charge in [0.25, 0.3) is 0 Å². The first kappa shape index (κ1) is 16.4. The first-order valence-corrected chi connectivity index (χ1v) is 8.28. The molecule has 7 heteroatoms. The molecule has 1 aromatic heterocycles. The first-order chi connectivity index (χ1) is 10.9. The third-order valence-electron chi connectivity index (χ3n) is 4.88. The highest BCUT2D eigenvalue weighted by Crippen LogP contribution is 2.42. The minimum Gasteiger partial charge on any atom is -0.356 e. The number of fused-ring (bicyclic) bond motifs is 1. The van der Waals surface area contributed by atoms with Crippen LogP contribution >= 0.6 is 0 Å². The molecule has 1 atom stereocenters. The molecule has 0 bridgehead atoms. The van der Waals surface area contributed by atoms with E-state index in [-0.39, 0.29) is 24.8 Å². The summed E-state index contributed by atoms with van der Waals surface area (Å²) in [5, 5.41) is 7.19. The highest BCUT2D eigenvalue weighted by atomic mass is 19.3. The third kappa shape index (κ3) is 3.54. The molecule has 1 aromatic rings. The Morgan fingerprint density at radius 1 is 1.48 bits per heavy atom. The SMILES string of the molecule is CC(C)N1Cc2ccnn2[C@H](CCNC(=O)C2CC(F)(F)C2)C1. The van der Waals surface area contributed by atoms with Gasteiger partial charge in [-0.3, -0.25) is 14.4 Å². The lowest BCUT2D eigenvalue weighted by Crippen LogP contribution is -2.46. The Bertz CT molecular complexity index is 564. The van der Waals surface area contributed by atoms with Crippen molar-refractivity contribution in [3.05, 3.63) is 18.0 Å². The van der Waals surface area contributed by atoms with Crippen LogP contribution in [-0.4, -0.2) is 45.6 Å². The van der Waals surface area contributed by atoms with Crippen LogP contribution in [0.5, 0.6) is 0 Å². The van der Waals surface area contributed by atoms with Crippen molar-refractivity contribution in [3.8, 4) is 0 Å². The van der Waals surface area contributed by atoms with Gasteiger partial charge >= 0.3 is 0 Å². The molecule has 1 aliphatic heterocycles. The first-order valence-electron chi connectivity index (χ1n) is 8.28. The molecule has 0 unspecified atom stereocenters. The van der Waals surface area contributed by atoms with Crippen LogP contribution in [0.2, 0.25) is 0 Å². The number of alkyl halides is 2. The molecule has 1 amide bonds. The minimum absolute atomic E-state index is 0.208. The number of aromatic nitrogens is 2. The highest BCUT2D eigenvalue weighted by Gasteiger charge is 2.48. The van der Waals surface area contributed by atoms with Crippen LogP contribution in [0.1, 0.15) is 44.8 Å². The van der Waals surface area contributed by atoms with Gasteiger partial charge in [0.05, 0.1) is 11.7 Å². The van der Waals surface area contributed by atoms with Crippen molar-refractivity contribution in [1.29, 1.82) is 0 Å². The van der Waals surface area contributed by atoms with E-state index in [1.54, 1.807) is 6.20 Å². The van der Waals surface area contributed by atoms with Crippen LogP contribution in [0.3, 0.4) is 0 Å². The topological polar surface area (TPSA) is 50.2 Å². The molecule has 0 radical (unpaired) electrons. The Balaban J connectivity index is 1.51. The summed E-state index contributed by atoms with van der Waals surface area (Å²) in [7, 11) is 0. The second-order valence-electron chi connectivity index (χ2n) is 6.98. The van der Waals surface area contributed by atoms with Gasteiger partial charge in [-0.2, -0.15) is 5.10 Å². The molecule has 1 aliphatic carbocycles. The maximum Gasteiger partial charge on any atom is 0.249 e. The Hall–Kier alpha value is -1.50. The second kappa shape index (κ2) is 6.19. The Morgan fingerprint density at radius 2 is 2.22 bits per heavy atom. The van der Waals surface area contributed by atoms with Crippen molar-refractivity contribution in [2.75, 3.05) is 13.1 Å². The summed E-state index contributed by atoms with van der Waals surface area (Å²) in [6.07, 6.45) is 1.94. The van der Waals surface area contributed by atoms with Gasteiger partial charge in [0.15, 0.2) is 0 Å². The van der Waals surface area contributed by atoms with E-state index in [4.69, 9.17) is 0 Å². The number of hydrogen-bond donors (Lipinski definition) is 1. The van der Waals surface area contributed by atoms with E-state index in [1.807, 2.05) is 10.7 Å². The number of amides is 1. The van der Waals surface area contributed by atoms with Gasteiger partial charge in [0, 0.05) is 50.6 Å². The van der Waals surface area contributed by atoms with Gasteiger partial charge in [-0.15, -0.1) is 0 Å². The number of rotatable bonds is 5. The zero-order valence-corrected chi connectivity index (χ0v) is 13.6. The summed E-state index contributed by atoms with van der Waals surface area (Å²) in [4.78, 5) is 14.2. The molecule has 0 spiro atoms. The highest BCUT2D eigenvalue weighted by molar-refractivity contribution is 5.79. The van der Waals surface area contributed by atoms with Gasteiger partial charge in [0.1, 0.15) is 0 Å². The van der Waals surface area contributed by atoms with Crippen LogP contribution in [0.25, 0.3) is 0 Å². The van der Waals surface area contributed by atoms with Crippen molar-refractivity contribution in [1.82, 2.24) is 20.0 Å². The fraction of sp³-hybridized carbons (Fsp3) is 0.750. The molecule has 1 fully saturated rings. The van der Waals surface area contributed by atoms with Crippen molar-refractivity contribution in [2.24, 2.45) is 5.92 Å². The molecule has 23 heavy (non-hydrogen) atoms. The number of carbonyl (C=O) groups is 1. The summed E-state index contributed by atoms with van der Waals surface area (Å²) in [5.41, 5.74) is 1.18. The fourth-order valence-corrected chi connectivity index (χ4v) is 3.38. The maximum atomic E-state index is 12.8. The van der Waals surface area contributed by atoms with Crippen LogP contribution < -0.4 is 5.32 Å². The van der Waals surface area contributed by atoms with Crippen LogP contribution in [0.15, 0.2) is 12.3 Å². The monoisotopic (exact) mass is 326 g/mol. The van der Waals surface area contributed by atoms with Gasteiger partial charge in [0.2, 0.25) is 11.8 Å². The third-order valence-corrected chi connectivity index (χ3v) is 4.88. The predicted octanol–water partition coefficient (Wildman–Crippen LogP) is 2.20. The standard InChI is InChI=1S/C16H24F2N4O/c1-11(2)21-9-13(22-14(10-21)4-6-20-22)3-5-19-15(23)12-7-16(17,18)8-12/h4,6,11-13H,3,5,7-10H2,1-2H3,(H,19,23)/t13-/m1/s1. The molecule has 3 rings (SSSR count). The molecular weight excluding hydrogens is 302 g/mol. The van der Waals surface area contributed by atoms with E-state index in [1.165, 1.54) is 5.69 Å². The van der Waals surface area contributed by atoms with Gasteiger partial charge in [-0.25, -0.2) is 8.78 Å². The average Bonchev–Trinajstić information content (AvgIpc) is 2.92. The second-order valence-corrected chi connectivity index (χ2v) is 6.98. The maximum absolute atomic E-state index is 12.8. The van der Waals surface area contributed by atoms with Gasteiger partial charge in [-0.1, -0.05) is 0 Å². The zero-order chi connectivity index (χ0) is 16.6. The molecule has 1 N–H and O–H groups in total. The van der Waals surface area contributed by atoms with E-state index >= 15 is 0 Å². The quantitative estimate of drug-likeness (QED) is 0.902. The lowest BCUT2D eigenvalue weighted by Gasteiger charge is -2.36. The van der Waals surface area contributed by atoms with Crippen LogP contribution in [0, 0.1) is 5.92 Å². The number of halogens is 2. The number of nitrogens with zero attached hydrogens (tertiary/aromatic N) is 3. The van der Waals surface area contributed by atoms with E-state index in [2.05, 4.69) is 29.2 Å². The molecule has 2 heterocycles. The molecule has 2 aliphatic rings. The summed E-state index contributed by atoms with van der Waals surface area (Å²) in [5.74, 6) is -3.41. The van der Waals surface area contributed by atoms with Gasteiger partial charge < -0.3 is 5.32 Å². The Labute approximate surface area is 135 Å². The smallest absolute Gasteiger partial charge is 0.249 e. The molecule has 0 aromatic carbocycles. The molecule has 128 valence electrons. The molecular formula is C16H24F2N4O. The van der Waals surface area contributed by atoms with E-state index in [0.717, 1.165) is 19.5 Å². The van der Waals surface area contributed by atoms with Crippen LogP contribution in [0.4, 0.5) is 8.78 Å². The van der Waals surface area contributed by atoms with E-state index in [0.29, 0.717) is 12.6 Å². The summed E-state index contributed by atoms with van der Waals surface area (Å²) in [6, 6.07) is 2.68. The number of nitrogens with one attached hydrogen (secondary N) is 1. The normalized spacial score (nSPS) is 24.3. The van der Waals surface area contributed by atoms with Crippen molar-refractivity contribution in [3.63, 3.8) is 0 Å². The van der Waals surface area contributed by atoms with Crippen molar-refractivity contribution < 1.29 is 13.6 Å². The molecule has 0 saturated heterocycles. The summed E-state index contributed by atoms with van der Waals surface area (Å²) < 4.78 is 27.7. The summed E-state index contributed by atoms with van der Waals surface area (Å²) in [6.45, 7) is 6.61. The zero-order valence-electron chi connectivity index (χ0n) is 13.6. The fourth-order valence-electron chi connectivity index (χ4n) is 3.38. The van der Waals surface area contributed by atoms with E-state index in [9.17, 15) is 13.6 Å². The van der Waals surface area contributed by atoms with Crippen molar-refractivity contribution >= 4 is 5.91 Å². The number of hydrogen-bond acceptors (Lipinski definition) is 3. The van der Waals surface area contributed by atoms with Crippen molar-refractivity contribution in [2.45, 2.75) is 57.7 Å². The van der Waals surface area contributed by atoms with E-state index < -0.39 is 11.8 Å². The minimum atomic E-state index is -2.65. The Kier molecular flexibility index (Phi) is 4.40. The largest absolute Gasteiger partial charge is 0.356 e. The predicted molar refractivity (Wildman–Crippen MR) is 82.1 cm³/mol. The lowest BCUT2D eigenvalue weighted by atomic mass is 9.81. The molecule has 1 saturated carbocycles. The Morgan fingerprint density at radius 3 is 2.87 bits per heavy atom. The number of carbonyl (C=O) groups excluding carboxylic acids is 1. The summed E-state index contributed by atoms with van der Waals surface area (Å²) >= 11 is 0. The lowest BCUT2D eigenvalue weighted by molar-refractivity contribution is -0.150. The van der Waals surface area contributed by atoms with Gasteiger partial charge in [-0.05, 0) is 26.3 Å². The van der Waals surface area contributed by atoms with Crippen LogP contribution in [-0.2, 0) is 11.3 Å². The molecule has 5 nitrogen and oxygen atoms in total. The average molecular weight is 326 g/mol.